The lowest BCUT2D eigenvalue weighted by Gasteiger charge is -2.11. The Morgan fingerprint density at radius 3 is 2.27 bits per heavy atom. The van der Waals surface area contributed by atoms with Crippen molar-refractivity contribution in [2.45, 2.75) is 18.9 Å². The predicted molar refractivity (Wildman–Crippen MR) is 98.7 cm³/mol. The molecule has 0 aromatic heterocycles. The van der Waals surface area contributed by atoms with Crippen LogP contribution in [0.5, 0.6) is 5.75 Å². The van der Waals surface area contributed by atoms with Crippen LogP contribution in [0.2, 0.25) is 0 Å². The van der Waals surface area contributed by atoms with Crippen molar-refractivity contribution < 1.29 is 19.1 Å². The van der Waals surface area contributed by atoms with Crippen LogP contribution in [0.15, 0.2) is 48.5 Å². The Balaban J connectivity index is 1.55. The van der Waals surface area contributed by atoms with Crippen LogP contribution < -0.4 is 15.4 Å². The molecule has 0 bridgehead atoms. The van der Waals surface area contributed by atoms with Crippen molar-refractivity contribution in [3.05, 3.63) is 59.7 Å². The lowest BCUT2D eigenvalue weighted by Crippen LogP contribution is -2.31. The van der Waals surface area contributed by atoms with E-state index in [9.17, 15) is 9.59 Å². The van der Waals surface area contributed by atoms with Gasteiger partial charge < -0.3 is 20.1 Å². The average Bonchev–Trinajstić information content (AvgIpc) is 3.20. The summed E-state index contributed by atoms with van der Waals surface area (Å²) in [4.78, 5) is 24.4. The number of anilines is 1. The van der Waals surface area contributed by atoms with E-state index in [0.29, 0.717) is 23.4 Å². The maximum Gasteiger partial charge on any atom is 0.255 e. The Morgan fingerprint density at radius 2 is 1.69 bits per heavy atom. The van der Waals surface area contributed by atoms with Crippen LogP contribution in [0.4, 0.5) is 5.69 Å². The Morgan fingerprint density at radius 1 is 1.04 bits per heavy atom. The fraction of sp³-hybridized carbons (Fsp3) is 0.300. The largest absolute Gasteiger partial charge is 0.497 e. The number of carbonyl (C=O) groups is 2. The third-order valence-electron chi connectivity index (χ3n) is 4.27. The number of benzene rings is 2. The van der Waals surface area contributed by atoms with E-state index in [1.54, 1.807) is 55.6 Å². The van der Waals surface area contributed by atoms with Gasteiger partial charge in [-0.1, -0.05) is 0 Å². The smallest absolute Gasteiger partial charge is 0.255 e. The monoisotopic (exact) mass is 354 g/mol. The first kappa shape index (κ1) is 17.9. The van der Waals surface area contributed by atoms with Gasteiger partial charge in [-0.3, -0.25) is 9.59 Å². The molecule has 0 saturated carbocycles. The molecule has 1 aliphatic rings. The maximum absolute atomic E-state index is 12.3. The molecule has 3 rings (SSSR count). The Labute approximate surface area is 152 Å². The molecule has 6 heteroatoms. The zero-order chi connectivity index (χ0) is 18.4. The summed E-state index contributed by atoms with van der Waals surface area (Å²) in [5.41, 5.74) is 1.68. The molecule has 2 aromatic carbocycles. The van der Waals surface area contributed by atoms with Gasteiger partial charge in [0.25, 0.3) is 11.8 Å². The number of ether oxygens (including phenoxy) is 2. The van der Waals surface area contributed by atoms with Gasteiger partial charge in [-0.15, -0.1) is 0 Å². The standard InChI is InChI=1S/C20H22N2O4/c1-25-17-10-8-16(9-11-17)22-20(24)15-6-4-14(5-7-15)19(23)21-13-18-3-2-12-26-18/h4-11,18H,2-3,12-13H2,1H3,(H,21,23)(H,22,24). The lowest BCUT2D eigenvalue weighted by molar-refractivity contribution is 0.0857. The Hall–Kier alpha value is -2.86. The van der Waals surface area contributed by atoms with Gasteiger partial charge in [-0.2, -0.15) is 0 Å². The zero-order valence-electron chi connectivity index (χ0n) is 14.7. The zero-order valence-corrected chi connectivity index (χ0v) is 14.7. The van der Waals surface area contributed by atoms with Gasteiger partial charge in [0.2, 0.25) is 0 Å². The number of nitrogens with one attached hydrogen (secondary N) is 2. The highest BCUT2D eigenvalue weighted by Crippen LogP contribution is 2.16. The molecule has 1 unspecified atom stereocenters. The number of hydrogen-bond acceptors (Lipinski definition) is 4. The van der Waals surface area contributed by atoms with Gasteiger partial charge in [0, 0.05) is 30.0 Å². The molecule has 2 aromatic rings. The summed E-state index contributed by atoms with van der Waals surface area (Å²) in [6.45, 7) is 1.27. The first-order chi connectivity index (χ1) is 12.7. The summed E-state index contributed by atoms with van der Waals surface area (Å²) < 4.78 is 10.6. The summed E-state index contributed by atoms with van der Waals surface area (Å²) in [5.74, 6) is 0.325. The first-order valence-corrected chi connectivity index (χ1v) is 8.61. The lowest BCUT2D eigenvalue weighted by atomic mass is 10.1. The van der Waals surface area contributed by atoms with Crippen LogP contribution in [0.25, 0.3) is 0 Å². The van der Waals surface area contributed by atoms with E-state index in [1.807, 2.05) is 0 Å². The van der Waals surface area contributed by atoms with Gasteiger partial charge in [0.05, 0.1) is 13.2 Å². The van der Waals surface area contributed by atoms with Crippen molar-refractivity contribution in [2.24, 2.45) is 0 Å². The molecule has 1 saturated heterocycles. The molecule has 2 amide bonds. The molecular weight excluding hydrogens is 332 g/mol. The van der Waals surface area contributed by atoms with E-state index in [2.05, 4.69) is 10.6 Å². The summed E-state index contributed by atoms with van der Waals surface area (Å²) in [6, 6.07) is 13.7. The second-order valence-corrected chi connectivity index (χ2v) is 6.11. The molecule has 0 radical (unpaired) electrons. The minimum absolute atomic E-state index is 0.105. The highest BCUT2D eigenvalue weighted by atomic mass is 16.5. The van der Waals surface area contributed by atoms with Crippen LogP contribution in [-0.2, 0) is 4.74 Å². The van der Waals surface area contributed by atoms with Crippen LogP contribution >= 0.6 is 0 Å². The van der Waals surface area contributed by atoms with E-state index in [0.717, 1.165) is 25.2 Å². The molecule has 2 N–H and O–H groups in total. The molecular formula is C20H22N2O4. The quantitative estimate of drug-likeness (QED) is 0.836. The van der Waals surface area contributed by atoms with Crippen molar-refractivity contribution in [1.82, 2.24) is 5.32 Å². The Bertz CT molecular complexity index is 750. The van der Waals surface area contributed by atoms with Crippen molar-refractivity contribution in [3.63, 3.8) is 0 Å². The van der Waals surface area contributed by atoms with E-state index < -0.39 is 0 Å². The number of methoxy groups -OCH3 is 1. The first-order valence-electron chi connectivity index (χ1n) is 8.61. The van der Waals surface area contributed by atoms with E-state index in [1.165, 1.54) is 0 Å². The van der Waals surface area contributed by atoms with Gasteiger partial charge >= 0.3 is 0 Å². The highest BCUT2D eigenvalue weighted by molar-refractivity contribution is 6.05. The third kappa shape index (κ3) is 4.61. The molecule has 0 aliphatic carbocycles. The molecule has 1 heterocycles. The molecule has 26 heavy (non-hydrogen) atoms. The fourth-order valence-electron chi connectivity index (χ4n) is 2.76. The van der Waals surface area contributed by atoms with Crippen LogP contribution in [0.3, 0.4) is 0 Å². The van der Waals surface area contributed by atoms with E-state index in [4.69, 9.17) is 9.47 Å². The van der Waals surface area contributed by atoms with Crippen molar-refractivity contribution >= 4 is 17.5 Å². The molecule has 1 aliphatic heterocycles. The Kier molecular flexibility index (Phi) is 5.86. The molecule has 1 atom stereocenters. The maximum atomic E-state index is 12.3. The van der Waals surface area contributed by atoms with Gasteiger partial charge in [-0.25, -0.2) is 0 Å². The normalized spacial score (nSPS) is 16.1. The number of rotatable bonds is 6. The SMILES string of the molecule is COc1ccc(NC(=O)c2ccc(C(=O)NCC3CCCO3)cc2)cc1. The van der Waals surface area contributed by atoms with Crippen LogP contribution in [-0.4, -0.2) is 38.2 Å². The summed E-state index contributed by atoms with van der Waals surface area (Å²) >= 11 is 0. The van der Waals surface area contributed by atoms with Crippen LogP contribution in [0, 0.1) is 0 Å². The summed E-state index contributed by atoms with van der Waals surface area (Å²) in [6.07, 6.45) is 2.12. The predicted octanol–water partition coefficient (Wildman–Crippen LogP) is 2.86. The summed E-state index contributed by atoms with van der Waals surface area (Å²) in [7, 11) is 1.59. The fourth-order valence-corrected chi connectivity index (χ4v) is 2.76. The van der Waals surface area contributed by atoms with Crippen molar-refractivity contribution in [3.8, 4) is 5.75 Å². The van der Waals surface area contributed by atoms with Gasteiger partial charge in [-0.05, 0) is 61.4 Å². The van der Waals surface area contributed by atoms with E-state index in [-0.39, 0.29) is 17.9 Å². The van der Waals surface area contributed by atoms with Crippen molar-refractivity contribution in [1.29, 1.82) is 0 Å². The highest BCUT2D eigenvalue weighted by Gasteiger charge is 2.17. The van der Waals surface area contributed by atoms with E-state index >= 15 is 0 Å². The minimum Gasteiger partial charge on any atom is -0.497 e. The molecule has 136 valence electrons. The number of carbonyl (C=O) groups excluding carboxylic acids is 2. The molecule has 6 nitrogen and oxygen atoms in total. The number of hydrogen-bond donors (Lipinski definition) is 2. The number of amides is 2. The van der Waals surface area contributed by atoms with Crippen molar-refractivity contribution in [2.75, 3.05) is 25.6 Å². The topological polar surface area (TPSA) is 76.7 Å². The molecule has 1 fully saturated rings. The van der Waals surface area contributed by atoms with Gasteiger partial charge in [0.15, 0.2) is 0 Å². The second-order valence-electron chi connectivity index (χ2n) is 6.11. The van der Waals surface area contributed by atoms with Crippen LogP contribution in [0.1, 0.15) is 33.6 Å². The van der Waals surface area contributed by atoms with Gasteiger partial charge in [0.1, 0.15) is 5.75 Å². The summed E-state index contributed by atoms with van der Waals surface area (Å²) in [5, 5.41) is 5.67. The second kappa shape index (κ2) is 8.49. The third-order valence-corrected chi connectivity index (χ3v) is 4.27. The average molecular weight is 354 g/mol. The molecule has 0 spiro atoms. The minimum atomic E-state index is -0.235.